The molecule has 1 amide bonds. The molecular formula is C17H22Cl2N2O3. The first-order valence-electron chi connectivity index (χ1n) is 8.31. The number of carbonyl (C=O) groups is 1. The summed E-state index contributed by atoms with van der Waals surface area (Å²) >= 11 is 11.9. The van der Waals surface area contributed by atoms with E-state index in [-0.39, 0.29) is 17.7 Å². The first-order chi connectivity index (χ1) is 11.5. The van der Waals surface area contributed by atoms with Gasteiger partial charge in [-0.25, -0.2) is 0 Å². The van der Waals surface area contributed by atoms with Gasteiger partial charge in [-0.05, 0) is 36.8 Å². The van der Waals surface area contributed by atoms with E-state index in [1.807, 2.05) is 4.90 Å². The summed E-state index contributed by atoms with van der Waals surface area (Å²) in [5.74, 6) is 0.741. The fourth-order valence-corrected chi connectivity index (χ4v) is 3.70. The number of nitrogens with one attached hydrogen (secondary N) is 1. The maximum atomic E-state index is 12.5. The van der Waals surface area contributed by atoms with E-state index in [0.717, 1.165) is 44.5 Å². The molecule has 0 spiro atoms. The highest BCUT2D eigenvalue weighted by atomic mass is 35.5. The lowest BCUT2D eigenvalue weighted by atomic mass is 9.89. The maximum Gasteiger partial charge on any atom is 0.242 e. The highest BCUT2D eigenvalue weighted by molar-refractivity contribution is 6.42. The summed E-state index contributed by atoms with van der Waals surface area (Å²) in [6.45, 7) is 3.33. The predicted molar refractivity (Wildman–Crippen MR) is 93.7 cm³/mol. The number of hydrogen-bond acceptors (Lipinski definition) is 4. The van der Waals surface area contributed by atoms with Crippen molar-refractivity contribution in [1.82, 2.24) is 10.2 Å². The summed E-state index contributed by atoms with van der Waals surface area (Å²) < 4.78 is 5.37. The zero-order valence-electron chi connectivity index (χ0n) is 13.4. The van der Waals surface area contributed by atoms with Gasteiger partial charge in [0, 0.05) is 25.7 Å². The van der Waals surface area contributed by atoms with Crippen LogP contribution in [-0.4, -0.2) is 54.8 Å². The van der Waals surface area contributed by atoms with Crippen LogP contribution in [0.25, 0.3) is 0 Å². The molecular weight excluding hydrogens is 351 g/mol. The number of benzene rings is 1. The highest BCUT2D eigenvalue weighted by Crippen LogP contribution is 2.33. The smallest absolute Gasteiger partial charge is 0.242 e. The number of morpholine rings is 1. The van der Waals surface area contributed by atoms with Crippen molar-refractivity contribution in [1.29, 1.82) is 0 Å². The van der Waals surface area contributed by atoms with E-state index in [9.17, 15) is 9.90 Å². The van der Waals surface area contributed by atoms with Gasteiger partial charge in [0.25, 0.3) is 0 Å². The van der Waals surface area contributed by atoms with Crippen LogP contribution in [0.4, 0.5) is 0 Å². The Kier molecular flexibility index (Phi) is 5.87. The summed E-state index contributed by atoms with van der Waals surface area (Å²) in [5, 5.41) is 14.1. The Morgan fingerprint density at radius 2 is 2.00 bits per heavy atom. The topological polar surface area (TPSA) is 61.8 Å². The number of piperidine rings is 1. The summed E-state index contributed by atoms with van der Waals surface area (Å²) in [4.78, 5) is 14.4. The van der Waals surface area contributed by atoms with Crippen molar-refractivity contribution in [3.05, 3.63) is 27.7 Å². The molecule has 0 radical (unpaired) electrons. The van der Waals surface area contributed by atoms with Gasteiger partial charge in [0.2, 0.25) is 5.91 Å². The van der Waals surface area contributed by atoms with Crippen LogP contribution in [-0.2, 0) is 16.0 Å². The van der Waals surface area contributed by atoms with E-state index in [1.54, 1.807) is 6.07 Å². The summed E-state index contributed by atoms with van der Waals surface area (Å²) in [7, 11) is 0. The lowest BCUT2D eigenvalue weighted by molar-refractivity contribution is -0.137. The molecule has 2 fully saturated rings. The average Bonchev–Trinajstić information content (AvgIpc) is 2.60. The number of phenols is 1. The third-order valence-corrected chi connectivity index (χ3v) is 5.50. The van der Waals surface area contributed by atoms with Gasteiger partial charge in [-0.3, -0.25) is 4.79 Å². The van der Waals surface area contributed by atoms with Gasteiger partial charge in [-0.1, -0.05) is 23.2 Å². The van der Waals surface area contributed by atoms with Crippen molar-refractivity contribution in [3.63, 3.8) is 0 Å². The zero-order chi connectivity index (χ0) is 17.1. The standard InChI is InChI=1S/C17H22Cl2N2O3/c18-13-8-12(16(22)9-14(13)19)7-11-1-4-21(5-2-11)17(23)15-10-24-6-3-20-15/h8-9,11,15,20,22H,1-7,10H2. The van der Waals surface area contributed by atoms with Gasteiger partial charge in [0.1, 0.15) is 11.8 Å². The molecule has 2 aliphatic rings. The van der Waals surface area contributed by atoms with Crippen LogP contribution in [0.5, 0.6) is 5.75 Å². The maximum absolute atomic E-state index is 12.5. The predicted octanol–water partition coefficient (Wildman–Crippen LogP) is 2.47. The monoisotopic (exact) mass is 372 g/mol. The van der Waals surface area contributed by atoms with Gasteiger partial charge in [0.05, 0.1) is 23.3 Å². The Bertz CT molecular complexity index is 598. The molecule has 2 saturated heterocycles. The number of likely N-dealkylation sites (tertiary alicyclic amines) is 1. The minimum atomic E-state index is -0.214. The number of aromatic hydroxyl groups is 1. The van der Waals surface area contributed by atoms with Crippen molar-refractivity contribution in [2.24, 2.45) is 5.92 Å². The molecule has 1 unspecified atom stereocenters. The largest absolute Gasteiger partial charge is 0.508 e. The quantitative estimate of drug-likeness (QED) is 0.855. The fraction of sp³-hybridized carbons (Fsp3) is 0.588. The molecule has 7 heteroatoms. The van der Waals surface area contributed by atoms with Gasteiger partial charge < -0.3 is 20.1 Å². The van der Waals surface area contributed by atoms with Crippen molar-refractivity contribution in [2.75, 3.05) is 32.8 Å². The molecule has 1 aromatic rings. The number of ether oxygens (including phenoxy) is 1. The van der Waals surface area contributed by atoms with Gasteiger partial charge in [-0.2, -0.15) is 0 Å². The Morgan fingerprint density at radius 3 is 2.67 bits per heavy atom. The van der Waals surface area contributed by atoms with Crippen LogP contribution in [0.1, 0.15) is 18.4 Å². The molecule has 132 valence electrons. The number of hydrogen-bond donors (Lipinski definition) is 2. The second kappa shape index (κ2) is 7.91. The molecule has 1 atom stereocenters. The van der Waals surface area contributed by atoms with Crippen LogP contribution >= 0.6 is 23.2 Å². The van der Waals surface area contributed by atoms with E-state index in [4.69, 9.17) is 27.9 Å². The molecule has 0 bridgehead atoms. The third kappa shape index (κ3) is 4.14. The summed E-state index contributed by atoms with van der Waals surface area (Å²) in [6.07, 6.45) is 2.58. The van der Waals surface area contributed by atoms with Crippen molar-refractivity contribution >= 4 is 29.1 Å². The number of nitrogens with zero attached hydrogens (tertiary/aromatic N) is 1. The Morgan fingerprint density at radius 1 is 1.29 bits per heavy atom. The lowest BCUT2D eigenvalue weighted by Crippen LogP contribution is -2.54. The molecule has 0 saturated carbocycles. The second-order valence-electron chi connectivity index (χ2n) is 6.45. The van der Waals surface area contributed by atoms with E-state index in [0.29, 0.717) is 29.2 Å². The fourth-order valence-electron chi connectivity index (χ4n) is 3.35. The van der Waals surface area contributed by atoms with Crippen molar-refractivity contribution in [2.45, 2.75) is 25.3 Å². The first-order valence-corrected chi connectivity index (χ1v) is 9.07. The molecule has 2 N–H and O–H groups in total. The Labute approximate surface area is 151 Å². The number of rotatable bonds is 3. The van der Waals surface area contributed by atoms with Crippen LogP contribution in [0, 0.1) is 5.92 Å². The Hall–Kier alpha value is -1.01. The van der Waals surface area contributed by atoms with Crippen LogP contribution in [0.2, 0.25) is 10.0 Å². The van der Waals surface area contributed by atoms with Gasteiger partial charge in [-0.15, -0.1) is 0 Å². The molecule has 5 nitrogen and oxygen atoms in total. The highest BCUT2D eigenvalue weighted by Gasteiger charge is 2.29. The van der Waals surface area contributed by atoms with Crippen LogP contribution < -0.4 is 5.32 Å². The Balaban J connectivity index is 1.53. The second-order valence-corrected chi connectivity index (χ2v) is 7.26. The van der Waals surface area contributed by atoms with E-state index in [2.05, 4.69) is 5.32 Å². The number of halogens is 2. The summed E-state index contributed by atoms with van der Waals surface area (Å²) in [6, 6.07) is 3.02. The van der Waals surface area contributed by atoms with E-state index >= 15 is 0 Å². The minimum Gasteiger partial charge on any atom is -0.508 e. The lowest BCUT2D eigenvalue weighted by Gasteiger charge is -2.35. The van der Waals surface area contributed by atoms with Gasteiger partial charge in [0.15, 0.2) is 0 Å². The van der Waals surface area contributed by atoms with E-state index < -0.39 is 0 Å². The van der Waals surface area contributed by atoms with Crippen molar-refractivity contribution in [3.8, 4) is 5.75 Å². The van der Waals surface area contributed by atoms with Gasteiger partial charge >= 0.3 is 0 Å². The minimum absolute atomic E-state index is 0.130. The molecule has 2 aliphatic heterocycles. The normalized spacial score (nSPS) is 22.6. The molecule has 0 aliphatic carbocycles. The van der Waals surface area contributed by atoms with Crippen molar-refractivity contribution < 1.29 is 14.6 Å². The first kappa shape index (κ1) is 17.8. The molecule has 1 aromatic carbocycles. The van der Waals surface area contributed by atoms with Crippen LogP contribution in [0.3, 0.4) is 0 Å². The molecule has 24 heavy (non-hydrogen) atoms. The zero-order valence-corrected chi connectivity index (χ0v) is 14.9. The average molecular weight is 373 g/mol. The summed E-state index contributed by atoms with van der Waals surface area (Å²) in [5.41, 5.74) is 0.816. The number of phenolic OH excluding ortho intramolecular Hbond substituents is 1. The number of carbonyl (C=O) groups excluding carboxylic acids is 1. The molecule has 2 heterocycles. The number of amides is 1. The van der Waals surface area contributed by atoms with Crippen LogP contribution in [0.15, 0.2) is 12.1 Å². The molecule has 3 rings (SSSR count). The molecule has 0 aromatic heterocycles. The third-order valence-electron chi connectivity index (χ3n) is 4.78. The van der Waals surface area contributed by atoms with E-state index in [1.165, 1.54) is 6.07 Å². The SMILES string of the molecule is O=C(C1COCCN1)N1CCC(Cc2cc(Cl)c(Cl)cc2O)CC1.